The zero-order chi connectivity index (χ0) is 24.0. The van der Waals surface area contributed by atoms with Gasteiger partial charge < -0.3 is 14.2 Å². The van der Waals surface area contributed by atoms with E-state index >= 15 is 0 Å². The molecule has 7 unspecified atom stereocenters. The Morgan fingerprint density at radius 3 is 2.55 bits per heavy atom. The highest BCUT2D eigenvalue weighted by Crippen LogP contribution is 2.63. The van der Waals surface area contributed by atoms with Crippen molar-refractivity contribution in [1.82, 2.24) is 0 Å². The van der Waals surface area contributed by atoms with Crippen LogP contribution in [0.25, 0.3) is 6.08 Å². The van der Waals surface area contributed by atoms with E-state index in [0.717, 1.165) is 18.4 Å². The topological polar surface area (TPSA) is 61.8 Å². The maximum Gasteiger partial charge on any atom is 0.350 e. The van der Waals surface area contributed by atoms with E-state index in [-0.39, 0.29) is 34.9 Å². The summed E-state index contributed by atoms with van der Waals surface area (Å²) in [6.45, 7) is 10.3. The predicted molar refractivity (Wildman–Crippen MR) is 127 cm³/mol. The van der Waals surface area contributed by atoms with Crippen LogP contribution < -0.4 is 0 Å². The van der Waals surface area contributed by atoms with Crippen LogP contribution in [0.5, 0.6) is 0 Å². The van der Waals surface area contributed by atoms with Crippen LogP contribution in [0.4, 0.5) is 0 Å². The largest absolute Gasteiger partial charge is 0.459 e. The zero-order valence-electron chi connectivity index (χ0n) is 20.2. The number of rotatable bonds is 6. The molecule has 3 aliphatic rings. The third-order valence-electron chi connectivity index (χ3n) is 8.24. The molecule has 1 aliphatic carbocycles. The Hall–Kier alpha value is -1.85. The van der Waals surface area contributed by atoms with Crippen LogP contribution in [0, 0.1) is 23.7 Å². The predicted octanol–water partition coefficient (Wildman–Crippen LogP) is 5.75. The van der Waals surface area contributed by atoms with Crippen LogP contribution in [-0.2, 0) is 23.8 Å². The van der Waals surface area contributed by atoms with Crippen LogP contribution in [0.2, 0.25) is 0 Å². The molecule has 2 saturated heterocycles. The summed E-state index contributed by atoms with van der Waals surface area (Å²) < 4.78 is 19.0. The third kappa shape index (κ3) is 4.12. The molecule has 0 radical (unpaired) electrons. The smallest absolute Gasteiger partial charge is 0.350 e. The summed E-state index contributed by atoms with van der Waals surface area (Å²) in [5, 5.41) is 0.0441. The van der Waals surface area contributed by atoms with Crippen molar-refractivity contribution in [3.05, 3.63) is 40.9 Å². The molecule has 0 amide bonds. The second kappa shape index (κ2) is 9.07. The fourth-order valence-corrected chi connectivity index (χ4v) is 6.58. The fraction of sp³-hybridized carbons (Fsp3) is 0.630. The van der Waals surface area contributed by atoms with Gasteiger partial charge in [0.05, 0.1) is 0 Å². The summed E-state index contributed by atoms with van der Waals surface area (Å²) in [7, 11) is 0. The van der Waals surface area contributed by atoms with E-state index in [1.54, 1.807) is 13.0 Å². The Labute approximate surface area is 201 Å². The molecule has 180 valence electrons. The highest BCUT2D eigenvalue weighted by molar-refractivity contribution is 6.43. The van der Waals surface area contributed by atoms with Gasteiger partial charge in [-0.05, 0) is 49.2 Å². The van der Waals surface area contributed by atoms with E-state index in [4.69, 9.17) is 25.8 Å². The van der Waals surface area contributed by atoms with Gasteiger partial charge in [0.2, 0.25) is 0 Å². The maximum atomic E-state index is 13.2. The molecule has 1 aromatic rings. The molecule has 0 aromatic heterocycles. The van der Waals surface area contributed by atoms with E-state index in [2.05, 4.69) is 27.7 Å². The van der Waals surface area contributed by atoms with E-state index in [9.17, 15) is 9.59 Å². The second-order valence-electron chi connectivity index (χ2n) is 10.4. The third-order valence-corrected chi connectivity index (χ3v) is 8.50. The minimum Gasteiger partial charge on any atom is -0.459 e. The molecule has 0 spiro atoms. The van der Waals surface area contributed by atoms with Crippen LogP contribution in [0.3, 0.4) is 0 Å². The molecule has 3 fully saturated rings. The molecule has 4 rings (SSSR count). The Balaban J connectivity index is 1.68. The van der Waals surface area contributed by atoms with Crippen LogP contribution in [0.1, 0.15) is 65.9 Å². The molecule has 2 heterocycles. The van der Waals surface area contributed by atoms with Crippen LogP contribution in [-0.4, -0.2) is 35.3 Å². The van der Waals surface area contributed by atoms with Crippen molar-refractivity contribution in [2.45, 2.75) is 83.7 Å². The number of hydrogen-bond acceptors (Lipinski definition) is 5. The number of benzene rings is 1. The van der Waals surface area contributed by atoms with Gasteiger partial charge in [-0.15, -0.1) is 0 Å². The summed E-state index contributed by atoms with van der Waals surface area (Å²) in [5.41, 5.74) is -0.478. The number of carbonyl (C=O) groups is 2. The molecule has 5 nitrogen and oxygen atoms in total. The second-order valence-corrected chi connectivity index (χ2v) is 10.8. The van der Waals surface area contributed by atoms with Crippen LogP contribution >= 0.6 is 11.6 Å². The van der Waals surface area contributed by atoms with Gasteiger partial charge in [-0.1, -0.05) is 69.6 Å². The number of hydrogen-bond donors (Lipinski definition) is 0. The van der Waals surface area contributed by atoms with Gasteiger partial charge in [0.1, 0.15) is 28.4 Å². The van der Waals surface area contributed by atoms with Crippen molar-refractivity contribution in [3.8, 4) is 0 Å². The van der Waals surface area contributed by atoms with E-state index in [0.29, 0.717) is 18.8 Å². The SMILES string of the molecule is CCC(=O)OC1CC2(C(C)C)OC1(C)C1CCC(C)C1C2OC(=O)/C(Cl)=C\c1ccccc1. The molecule has 1 saturated carbocycles. The molecule has 6 heteroatoms. The van der Waals surface area contributed by atoms with E-state index in [1.807, 2.05) is 30.3 Å². The monoisotopic (exact) mass is 474 g/mol. The minimum absolute atomic E-state index is 0.0441. The van der Waals surface area contributed by atoms with Gasteiger partial charge in [-0.2, -0.15) is 0 Å². The summed E-state index contributed by atoms with van der Waals surface area (Å²) in [6, 6.07) is 9.48. The van der Waals surface area contributed by atoms with Crippen molar-refractivity contribution in [1.29, 1.82) is 0 Å². The lowest BCUT2D eigenvalue weighted by molar-refractivity contribution is -0.264. The molecule has 7 atom stereocenters. The normalized spacial score (nSPS) is 37.7. The fourth-order valence-electron chi connectivity index (χ4n) is 6.41. The highest BCUT2D eigenvalue weighted by Gasteiger charge is 2.72. The molecule has 2 aliphatic heterocycles. The Kier molecular flexibility index (Phi) is 6.67. The number of ether oxygens (including phenoxy) is 3. The molecule has 2 bridgehead atoms. The molecular formula is C27H35ClO5. The van der Waals surface area contributed by atoms with Gasteiger partial charge >= 0.3 is 11.9 Å². The number of esters is 2. The number of fused-ring (bicyclic) bond motifs is 4. The Morgan fingerprint density at radius 2 is 1.91 bits per heavy atom. The van der Waals surface area contributed by atoms with E-state index in [1.165, 1.54) is 0 Å². The molecule has 1 aromatic carbocycles. The van der Waals surface area contributed by atoms with Crippen molar-refractivity contribution in [2.75, 3.05) is 0 Å². The lowest BCUT2D eigenvalue weighted by atomic mass is 9.69. The van der Waals surface area contributed by atoms with Crippen LogP contribution in [0.15, 0.2) is 35.4 Å². The quantitative estimate of drug-likeness (QED) is 0.388. The van der Waals surface area contributed by atoms with Gasteiger partial charge in [-0.3, -0.25) is 4.79 Å². The van der Waals surface area contributed by atoms with Crippen molar-refractivity contribution < 1.29 is 23.8 Å². The summed E-state index contributed by atoms with van der Waals surface area (Å²) >= 11 is 6.41. The number of halogens is 1. The first-order valence-electron chi connectivity index (χ1n) is 12.1. The average molecular weight is 475 g/mol. The Bertz CT molecular complexity index is 928. The van der Waals surface area contributed by atoms with Gasteiger partial charge in [-0.25, -0.2) is 4.79 Å². The van der Waals surface area contributed by atoms with Gasteiger partial charge in [0, 0.05) is 18.8 Å². The molecule has 0 N–H and O–H groups in total. The van der Waals surface area contributed by atoms with Gasteiger partial charge in [0.15, 0.2) is 0 Å². The van der Waals surface area contributed by atoms with Crippen molar-refractivity contribution >= 4 is 29.6 Å². The van der Waals surface area contributed by atoms with Crippen molar-refractivity contribution in [2.24, 2.45) is 23.7 Å². The average Bonchev–Trinajstić information content (AvgIpc) is 3.30. The lowest BCUT2D eigenvalue weighted by Gasteiger charge is -2.52. The van der Waals surface area contributed by atoms with Crippen molar-refractivity contribution in [3.63, 3.8) is 0 Å². The number of carbonyl (C=O) groups excluding carboxylic acids is 2. The zero-order valence-corrected chi connectivity index (χ0v) is 20.9. The first-order valence-corrected chi connectivity index (χ1v) is 12.5. The highest BCUT2D eigenvalue weighted by atomic mass is 35.5. The summed E-state index contributed by atoms with van der Waals surface area (Å²) in [5.74, 6) is -0.0593. The minimum atomic E-state index is -0.729. The maximum absolute atomic E-state index is 13.2. The standard InChI is InChI=1S/C27H35ClO5/c1-6-22(29)31-21-15-27(16(2)3)24(23-17(4)12-13-19(23)26(21,5)33-27)32-25(30)20(28)14-18-10-8-7-9-11-18/h7-11,14,16-17,19,21,23-24H,6,12-13,15H2,1-5H3/b20-14+. The van der Waals surface area contributed by atoms with Gasteiger partial charge in [0.25, 0.3) is 0 Å². The molecular weight excluding hydrogens is 440 g/mol. The van der Waals surface area contributed by atoms with E-state index < -0.39 is 23.3 Å². The summed E-state index contributed by atoms with van der Waals surface area (Å²) in [6.07, 6.45) is 3.65. The first-order chi connectivity index (χ1) is 15.6. The first kappa shape index (κ1) is 24.3. The summed E-state index contributed by atoms with van der Waals surface area (Å²) in [4.78, 5) is 25.4. The molecule has 33 heavy (non-hydrogen) atoms. The Morgan fingerprint density at radius 1 is 1.21 bits per heavy atom. The lowest BCUT2D eigenvalue weighted by Crippen LogP contribution is -2.62.